The van der Waals surface area contributed by atoms with Crippen LogP contribution >= 0.6 is 15.9 Å². The van der Waals surface area contributed by atoms with Crippen molar-refractivity contribution >= 4 is 27.7 Å². The molecule has 0 unspecified atom stereocenters. The second-order valence-electron chi connectivity index (χ2n) is 3.40. The fraction of sp³-hybridized carbons (Fsp3) is 0.300. The first kappa shape index (κ1) is 14.7. The Morgan fingerprint density at radius 1 is 1.44 bits per heavy atom. The summed E-state index contributed by atoms with van der Waals surface area (Å²) in [6, 6.07) is 2.36. The molecule has 0 atom stereocenters. The smallest absolute Gasteiger partial charge is 0.422 e. The third-order valence-corrected chi connectivity index (χ3v) is 2.48. The maximum atomic E-state index is 13.2. The van der Waals surface area contributed by atoms with Crippen molar-refractivity contribution in [3.8, 4) is 0 Å². The summed E-state index contributed by atoms with van der Waals surface area (Å²) in [5.41, 5.74) is 0.523. The van der Waals surface area contributed by atoms with Crippen molar-refractivity contribution in [1.29, 1.82) is 0 Å². The summed E-state index contributed by atoms with van der Waals surface area (Å²) in [6.07, 6.45) is -5.89. The van der Waals surface area contributed by atoms with Crippen LogP contribution in [0, 0.1) is 12.7 Å². The zero-order chi connectivity index (χ0) is 13.9. The highest BCUT2D eigenvalue weighted by Gasteiger charge is 2.29. The molecule has 1 aromatic rings. The van der Waals surface area contributed by atoms with Gasteiger partial charge in [0.05, 0.1) is 4.47 Å². The van der Waals surface area contributed by atoms with Crippen LogP contribution in [-0.2, 0) is 4.74 Å². The van der Waals surface area contributed by atoms with Gasteiger partial charge in [-0.1, -0.05) is 0 Å². The van der Waals surface area contributed by atoms with Gasteiger partial charge in [0, 0.05) is 5.69 Å². The maximum Gasteiger partial charge on any atom is 0.422 e. The van der Waals surface area contributed by atoms with Crippen LogP contribution in [0.4, 0.5) is 28.0 Å². The third-order valence-electron chi connectivity index (χ3n) is 1.87. The van der Waals surface area contributed by atoms with Crippen molar-refractivity contribution in [1.82, 2.24) is 0 Å². The summed E-state index contributed by atoms with van der Waals surface area (Å²) in [7, 11) is 0. The summed E-state index contributed by atoms with van der Waals surface area (Å²) in [6.45, 7) is -0.138. The van der Waals surface area contributed by atoms with Crippen molar-refractivity contribution < 1.29 is 27.1 Å². The largest absolute Gasteiger partial charge is 0.440 e. The van der Waals surface area contributed by atoms with E-state index in [1.165, 1.54) is 6.07 Å². The summed E-state index contributed by atoms with van der Waals surface area (Å²) < 4.78 is 52.6. The number of carbonyl (C=O) groups excluding carboxylic acids is 1. The molecule has 1 rings (SSSR count). The molecule has 1 aromatic carbocycles. The quantitative estimate of drug-likeness (QED) is 0.832. The first-order chi connectivity index (χ1) is 8.19. The number of aryl methyl sites for hydroxylation is 1. The van der Waals surface area contributed by atoms with Crippen LogP contribution in [0.15, 0.2) is 16.6 Å². The van der Waals surface area contributed by atoms with Gasteiger partial charge < -0.3 is 4.74 Å². The molecule has 0 radical (unpaired) electrons. The molecule has 1 N–H and O–H groups in total. The molecule has 0 aliphatic heterocycles. The Hall–Kier alpha value is -1.31. The minimum Gasteiger partial charge on any atom is -0.440 e. The van der Waals surface area contributed by atoms with Crippen molar-refractivity contribution in [2.24, 2.45) is 0 Å². The summed E-state index contributed by atoms with van der Waals surface area (Å²) >= 11 is 2.94. The average molecular weight is 330 g/mol. The second kappa shape index (κ2) is 5.55. The van der Waals surface area contributed by atoms with Crippen LogP contribution in [0.3, 0.4) is 0 Å². The third kappa shape index (κ3) is 4.52. The van der Waals surface area contributed by atoms with E-state index in [9.17, 15) is 22.4 Å². The van der Waals surface area contributed by atoms with Crippen LogP contribution in [-0.4, -0.2) is 18.9 Å². The van der Waals surface area contributed by atoms with E-state index in [-0.39, 0.29) is 10.2 Å². The monoisotopic (exact) mass is 329 g/mol. The molecule has 1 amide bonds. The van der Waals surface area contributed by atoms with E-state index in [1.54, 1.807) is 6.92 Å². The number of ether oxygens (including phenoxy) is 1. The minimum atomic E-state index is -4.60. The van der Waals surface area contributed by atoms with Gasteiger partial charge >= 0.3 is 12.3 Å². The Bertz CT molecular complexity index is 462. The molecule has 0 saturated heterocycles. The predicted octanol–water partition coefficient (Wildman–Crippen LogP) is 4.01. The lowest BCUT2D eigenvalue weighted by Gasteiger charge is -2.11. The molecule has 0 bridgehead atoms. The lowest BCUT2D eigenvalue weighted by Crippen LogP contribution is -2.23. The fourth-order valence-electron chi connectivity index (χ4n) is 1.07. The van der Waals surface area contributed by atoms with Gasteiger partial charge in [0.15, 0.2) is 6.61 Å². The molecule has 0 heterocycles. The first-order valence-electron chi connectivity index (χ1n) is 4.65. The van der Waals surface area contributed by atoms with Crippen LogP contribution in [0.1, 0.15) is 5.56 Å². The van der Waals surface area contributed by atoms with Crippen molar-refractivity contribution in [2.75, 3.05) is 11.9 Å². The van der Waals surface area contributed by atoms with Crippen molar-refractivity contribution in [3.63, 3.8) is 0 Å². The number of carbonyl (C=O) groups is 1. The van der Waals surface area contributed by atoms with Gasteiger partial charge in [-0.05, 0) is 40.5 Å². The minimum absolute atomic E-state index is 0.0443. The van der Waals surface area contributed by atoms with E-state index in [0.29, 0.717) is 5.56 Å². The molecule has 18 heavy (non-hydrogen) atoms. The lowest BCUT2D eigenvalue weighted by atomic mass is 10.2. The zero-order valence-corrected chi connectivity index (χ0v) is 10.7. The Kier molecular flexibility index (Phi) is 4.55. The van der Waals surface area contributed by atoms with Gasteiger partial charge in [-0.3, -0.25) is 5.32 Å². The van der Waals surface area contributed by atoms with Crippen LogP contribution in [0.5, 0.6) is 0 Å². The molecule has 3 nitrogen and oxygen atoms in total. The van der Waals surface area contributed by atoms with Gasteiger partial charge in [-0.15, -0.1) is 0 Å². The Morgan fingerprint density at radius 2 is 2.06 bits per heavy atom. The van der Waals surface area contributed by atoms with Crippen molar-refractivity contribution in [2.45, 2.75) is 13.1 Å². The lowest BCUT2D eigenvalue weighted by molar-refractivity contribution is -0.159. The van der Waals surface area contributed by atoms with Crippen LogP contribution < -0.4 is 5.32 Å². The molecule has 0 fully saturated rings. The van der Waals surface area contributed by atoms with E-state index in [2.05, 4.69) is 20.7 Å². The van der Waals surface area contributed by atoms with E-state index < -0.39 is 24.7 Å². The Morgan fingerprint density at radius 3 is 2.61 bits per heavy atom. The molecule has 100 valence electrons. The number of alkyl halides is 3. The molecule has 0 aromatic heterocycles. The van der Waals surface area contributed by atoms with Crippen LogP contribution in [0.2, 0.25) is 0 Å². The van der Waals surface area contributed by atoms with E-state index in [1.807, 2.05) is 5.32 Å². The van der Waals surface area contributed by atoms with Gasteiger partial charge in [0.1, 0.15) is 5.82 Å². The number of hydrogen-bond acceptors (Lipinski definition) is 2. The number of hydrogen-bond donors (Lipinski definition) is 1. The number of anilines is 1. The molecule has 0 aliphatic rings. The maximum absolute atomic E-state index is 13.2. The second-order valence-corrected chi connectivity index (χ2v) is 4.25. The number of benzene rings is 1. The highest BCUT2D eigenvalue weighted by atomic mass is 79.9. The Labute approximate surface area is 108 Å². The molecule has 8 heteroatoms. The highest BCUT2D eigenvalue weighted by molar-refractivity contribution is 9.10. The molecular weight excluding hydrogens is 322 g/mol. The van der Waals surface area contributed by atoms with E-state index in [4.69, 9.17) is 0 Å². The summed E-state index contributed by atoms with van der Waals surface area (Å²) in [4.78, 5) is 11.0. The average Bonchev–Trinajstić information content (AvgIpc) is 2.22. The summed E-state index contributed by atoms with van der Waals surface area (Å²) in [5.74, 6) is -0.647. The number of nitrogens with one attached hydrogen (secondary N) is 1. The van der Waals surface area contributed by atoms with Gasteiger partial charge in [-0.2, -0.15) is 13.2 Å². The molecule has 0 spiro atoms. The van der Waals surface area contributed by atoms with E-state index >= 15 is 0 Å². The number of halogens is 5. The van der Waals surface area contributed by atoms with Gasteiger partial charge in [0.2, 0.25) is 0 Å². The van der Waals surface area contributed by atoms with Gasteiger partial charge in [-0.25, -0.2) is 9.18 Å². The summed E-state index contributed by atoms with van der Waals surface area (Å²) in [5, 5.41) is 2.03. The molecule has 0 saturated carbocycles. The SMILES string of the molecule is Cc1cc(Br)c(F)cc1NC(=O)OCC(F)(F)F. The first-order valence-corrected chi connectivity index (χ1v) is 5.44. The molecular formula is C10H8BrF4NO2. The normalized spacial score (nSPS) is 11.2. The standard InChI is InChI=1S/C10H8BrF4NO2/c1-5-2-6(11)7(12)3-8(5)16-9(17)18-4-10(13,14)15/h2-3H,4H2,1H3,(H,16,17). The van der Waals surface area contributed by atoms with Gasteiger partial charge in [0.25, 0.3) is 0 Å². The van der Waals surface area contributed by atoms with Crippen molar-refractivity contribution in [3.05, 3.63) is 28.0 Å². The fourth-order valence-corrected chi connectivity index (χ4v) is 1.53. The number of rotatable bonds is 2. The number of amides is 1. The van der Waals surface area contributed by atoms with E-state index in [0.717, 1.165) is 6.07 Å². The van der Waals surface area contributed by atoms with Crippen LogP contribution in [0.25, 0.3) is 0 Å². The Balaban J connectivity index is 2.68. The zero-order valence-electron chi connectivity index (χ0n) is 9.07. The highest BCUT2D eigenvalue weighted by Crippen LogP contribution is 2.24. The molecule has 0 aliphatic carbocycles. The topological polar surface area (TPSA) is 38.3 Å². The predicted molar refractivity (Wildman–Crippen MR) is 59.9 cm³/mol.